The van der Waals surface area contributed by atoms with Gasteiger partial charge >= 0.3 is 0 Å². The van der Waals surface area contributed by atoms with Crippen molar-refractivity contribution in [2.45, 2.75) is 13.3 Å². The minimum atomic E-state index is -0.140. The van der Waals surface area contributed by atoms with E-state index in [1.54, 1.807) is 0 Å². The van der Waals surface area contributed by atoms with Crippen molar-refractivity contribution in [2.24, 2.45) is 5.10 Å². The Hall–Kier alpha value is -4.12. The predicted molar refractivity (Wildman–Crippen MR) is 123 cm³/mol. The van der Waals surface area contributed by atoms with Crippen LogP contribution in [-0.4, -0.2) is 21.6 Å². The van der Waals surface area contributed by atoms with Crippen molar-refractivity contribution >= 4 is 17.6 Å². The normalized spacial score (nSPS) is 13.4. The first-order valence-electron chi connectivity index (χ1n) is 10.1. The maximum Gasteiger partial charge on any atom is 0.256 e. The van der Waals surface area contributed by atoms with Crippen LogP contribution in [-0.2, 0) is 4.79 Å². The topological polar surface area (TPSA) is 58.5 Å². The van der Waals surface area contributed by atoms with E-state index in [4.69, 9.17) is 9.97 Å². The monoisotopic (exact) mass is 404 g/mol. The highest BCUT2D eigenvalue weighted by Crippen LogP contribution is 2.28. The Balaban J connectivity index is 1.62. The molecular weight excluding hydrogens is 384 g/mol. The molecule has 150 valence electrons. The average molecular weight is 404 g/mol. The zero-order valence-electron chi connectivity index (χ0n) is 17.1. The van der Waals surface area contributed by atoms with Crippen LogP contribution < -0.4 is 5.01 Å². The van der Waals surface area contributed by atoms with E-state index in [1.807, 2.05) is 97.9 Å². The van der Waals surface area contributed by atoms with Gasteiger partial charge in [0.05, 0.1) is 23.5 Å². The molecule has 0 saturated carbocycles. The van der Waals surface area contributed by atoms with Crippen molar-refractivity contribution in [3.8, 4) is 22.5 Å². The van der Waals surface area contributed by atoms with Gasteiger partial charge in [0.1, 0.15) is 0 Å². The molecule has 0 spiro atoms. The zero-order valence-corrected chi connectivity index (χ0v) is 17.1. The third kappa shape index (κ3) is 3.85. The van der Waals surface area contributed by atoms with Crippen molar-refractivity contribution in [3.05, 3.63) is 102 Å². The number of benzene rings is 3. The number of amides is 1. The van der Waals surface area contributed by atoms with Crippen LogP contribution in [0, 0.1) is 6.92 Å². The largest absolute Gasteiger partial charge is 0.272 e. The van der Waals surface area contributed by atoms with Gasteiger partial charge in [-0.25, -0.2) is 9.97 Å². The minimum absolute atomic E-state index is 0.140. The minimum Gasteiger partial charge on any atom is -0.272 e. The van der Waals surface area contributed by atoms with Crippen LogP contribution in [0.1, 0.15) is 17.5 Å². The number of carbonyl (C=O) groups is 1. The highest BCUT2D eigenvalue weighted by molar-refractivity contribution is 6.18. The number of hydrazone groups is 1. The van der Waals surface area contributed by atoms with E-state index in [1.165, 1.54) is 10.6 Å². The Morgan fingerprint density at radius 2 is 1.26 bits per heavy atom. The molecule has 1 aliphatic rings. The number of anilines is 1. The molecule has 4 aromatic rings. The van der Waals surface area contributed by atoms with E-state index in [0.717, 1.165) is 33.8 Å². The van der Waals surface area contributed by atoms with Crippen molar-refractivity contribution < 1.29 is 4.79 Å². The molecule has 1 aromatic heterocycles. The van der Waals surface area contributed by atoms with Gasteiger partial charge in [-0.1, -0.05) is 90.5 Å². The summed E-state index contributed by atoms with van der Waals surface area (Å²) in [5.41, 5.74) is 6.24. The SMILES string of the molecule is Cc1ccc(-c2cc(-c3ccccc3)nc(N3N=C(c4ccccc4)CC3=O)n2)cc1. The van der Waals surface area contributed by atoms with Gasteiger partial charge < -0.3 is 0 Å². The Bertz CT molecular complexity index is 1270. The van der Waals surface area contributed by atoms with Crippen molar-refractivity contribution in [1.82, 2.24) is 9.97 Å². The third-order valence-electron chi connectivity index (χ3n) is 5.20. The van der Waals surface area contributed by atoms with Crippen LogP contribution in [0.2, 0.25) is 0 Å². The standard InChI is InChI=1S/C26H20N4O/c1-18-12-14-21(15-13-18)23-16-22(19-8-4-2-5-9-19)27-26(28-23)30-25(31)17-24(29-30)20-10-6-3-7-11-20/h2-16H,17H2,1H3. The van der Waals surface area contributed by atoms with E-state index in [9.17, 15) is 4.79 Å². The van der Waals surface area contributed by atoms with Gasteiger partial charge in [-0.05, 0) is 18.6 Å². The van der Waals surface area contributed by atoms with E-state index >= 15 is 0 Å². The van der Waals surface area contributed by atoms with Crippen molar-refractivity contribution in [1.29, 1.82) is 0 Å². The number of rotatable bonds is 4. The molecule has 31 heavy (non-hydrogen) atoms. The Morgan fingerprint density at radius 1 is 0.710 bits per heavy atom. The van der Waals surface area contributed by atoms with Crippen LogP contribution >= 0.6 is 0 Å². The lowest BCUT2D eigenvalue weighted by Crippen LogP contribution is -2.22. The van der Waals surface area contributed by atoms with Gasteiger partial charge in [-0.3, -0.25) is 4.79 Å². The first kappa shape index (κ1) is 18.9. The van der Waals surface area contributed by atoms with Crippen LogP contribution in [0.4, 0.5) is 5.95 Å². The second-order valence-electron chi connectivity index (χ2n) is 7.47. The first-order valence-corrected chi connectivity index (χ1v) is 10.1. The molecule has 1 aliphatic heterocycles. The van der Waals surface area contributed by atoms with Gasteiger partial charge in [0.15, 0.2) is 0 Å². The quantitative estimate of drug-likeness (QED) is 0.466. The maximum absolute atomic E-state index is 12.8. The number of hydrogen-bond donors (Lipinski definition) is 0. The molecule has 5 heteroatoms. The Kier molecular flexibility index (Phi) is 4.84. The first-order chi connectivity index (χ1) is 15.2. The maximum atomic E-state index is 12.8. The lowest BCUT2D eigenvalue weighted by Gasteiger charge is -2.13. The molecule has 0 N–H and O–H groups in total. The molecule has 5 rings (SSSR count). The fraction of sp³-hybridized carbons (Fsp3) is 0.0769. The summed E-state index contributed by atoms with van der Waals surface area (Å²) in [6.45, 7) is 2.05. The van der Waals surface area contributed by atoms with Gasteiger partial charge in [-0.15, -0.1) is 0 Å². The molecule has 0 fully saturated rings. The molecule has 0 bridgehead atoms. The zero-order chi connectivity index (χ0) is 21.2. The van der Waals surface area contributed by atoms with E-state index < -0.39 is 0 Å². The summed E-state index contributed by atoms with van der Waals surface area (Å²) in [7, 11) is 0. The molecule has 0 atom stereocenters. The molecule has 0 radical (unpaired) electrons. The van der Waals surface area contributed by atoms with E-state index in [2.05, 4.69) is 5.10 Å². The summed E-state index contributed by atoms with van der Waals surface area (Å²) < 4.78 is 0. The number of aryl methyl sites for hydroxylation is 1. The summed E-state index contributed by atoms with van der Waals surface area (Å²) >= 11 is 0. The molecular formula is C26H20N4O. The van der Waals surface area contributed by atoms with Gasteiger partial charge in [0.25, 0.3) is 11.9 Å². The highest BCUT2D eigenvalue weighted by atomic mass is 16.2. The lowest BCUT2D eigenvalue weighted by atomic mass is 10.1. The lowest BCUT2D eigenvalue weighted by molar-refractivity contribution is -0.117. The number of hydrogen-bond acceptors (Lipinski definition) is 4. The Morgan fingerprint density at radius 3 is 1.87 bits per heavy atom. The fourth-order valence-electron chi connectivity index (χ4n) is 3.53. The summed E-state index contributed by atoms with van der Waals surface area (Å²) in [6, 6.07) is 29.7. The summed E-state index contributed by atoms with van der Waals surface area (Å²) in [6.07, 6.45) is 0.225. The number of carbonyl (C=O) groups excluding carboxylic acids is 1. The second kappa shape index (κ2) is 7.95. The molecule has 0 saturated heterocycles. The summed E-state index contributed by atoms with van der Waals surface area (Å²) in [5, 5.41) is 5.89. The number of aromatic nitrogens is 2. The van der Waals surface area contributed by atoms with Crippen LogP contribution in [0.15, 0.2) is 96.1 Å². The molecule has 5 nitrogen and oxygen atoms in total. The third-order valence-corrected chi connectivity index (χ3v) is 5.20. The highest BCUT2D eigenvalue weighted by Gasteiger charge is 2.29. The summed E-state index contributed by atoms with van der Waals surface area (Å²) in [4.78, 5) is 22.2. The predicted octanol–water partition coefficient (Wildman–Crippen LogP) is 5.26. The molecule has 3 aromatic carbocycles. The van der Waals surface area contributed by atoms with E-state index in [0.29, 0.717) is 0 Å². The Labute approximate surface area is 180 Å². The van der Waals surface area contributed by atoms with E-state index in [-0.39, 0.29) is 18.3 Å². The number of nitrogens with zero attached hydrogens (tertiary/aromatic N) is 4. The molecule has 0 aliphatic carbocycles. The average Bonchev–Trinajstić information content (AvgIpc) is 3.22. The fourth-order valence-corrected chi connectivity index (χ4v) is 3.53. The van der Waals surface area contributed by atoms with Gasteiger partial charge in [0, 0.05) is 11.1 Å². The van der Waals surface area contributed by atoms with Crippen LogP contribution in [0.5, 0.6) is 0 Å². The van der Waals surface area contributed by atoms with Crippen LogP contribution in [0.25, 0.3) is 22.5 Å². The van der Waals surface area contributed by atoms with Gasteiger partial charge in [0.2, 0.25) is 0 Å². The molecule has 1 amide bonds. The van der Waals surface area contributed by atoms with Gasteiger partial charge in [-0.2, -0.15) is 10.1 Å². The van der Waals surface area contributed by atoms with Crippen molar-refractivity contribution in [3.63, 3.8) is 0 Å². The second-order valence-corrected chi connectivity index (χ2v) is 7.47. The molecule has 0 unspecified atom stereocenters. The summed E-state index contributed by atoms with van der Waals surface area (Å²) in [5.74, 6) is 0.145. The van der Waals surface area contributed by atoms with Crippen molar-refractivity contribution in [2.75, 3.05) is 5.01 Å². The smallest absolute Gasteiger partial charge is 0.256 e. The van der Waals surface area contributed by atoms with Crippen LogP contribution in [0.3, 0.4) is 0 Å². The molecule has 2 heterocycles.